The molecule has 2 heteroatoms. The lowest BCUT2D eigenvalue weighted by Crippen LogP contribution is -2.11. The summed E-state index contributed by atoms with van der Waals surface area (Å²) >= 11 is 0. The van der Waals surface area contributed by atoms with Crippen molar-refractivity contribution in [3.8, 4) is 0 Å². The predicted octanol–water partition coefficient (Wildman–Crippen LogP) is 7.95. The number of hydrogen-bond donors (Lipinski definition) is 0. The van der Waals surface area contributed by atoms with E-state index in [9.17, 15) is 4.79 Å². The van der Waals surface area contributed by atoms with Crippen LogP contribution in [0.2, 0.25) is 0 Å². The second-order valence-electron chi connectivity index (χ2n) is 8.78. The van der Waals surface area contributed by atoms with Crippen molar-refractivity contribution in [2.24, 2.45) is 7.05 Å². The number of nitrogens with zero attached hydrogens (tertiary/aromatic N) is 1. The smallest absolute Gasteiger partial charge is 0.189 e. The van der Waals surface area contributed by atoms with Crippen LogP contribution < -0.4 is 5.43 Å². The minimum absolute atomic E-state index is 0.162. The molecular weight excluding hydrogens is 354 g/mol. The van der Waals surface area contributed by atoms with Crippen LogP contribution in [-0.4, -0.2) is 4.57 Å². The van der Waals surface area contributed by atoms with Gasteiger partial charge in [0.25, 0.3) is 0 Å². The van der Waals surface area contributed by atoms with Crippen LogP contribution in [0.1, 0.15) is 109 Å². The SMILES string of the molecule is CCCCCCCCCCCCCCCCCc1cc(=O)c2ccccc2n1C. The molecule has 2 nitrogen and oxygen atoms in total. The number of aryl methyl sites for hydroxylation is 2. The quantitative estimate of drug-likeness (QED) is 0.263. The van der Waals surface area contributed by atoms with E-state index in [1.54, 1.807) is 0 Å². The fourth-order valence-electron chi connectivity index (χ4n) is 4.37. The maximum Gasteiger partial charge on any atom is 0.189 e. The summed E-state index contributed by atoms with van der Waals surface area (Å²) in [7, 11) is 2.09. The number of aromatic nitrogens is 1. The molecule has 0 radical (unpaired) electrons. The number of hydrogen-bond acceptors (Lipinski definition) is 1. The molecule has 29 heavy (non-hydrogen) atoms. The van der Waals surface area contributed by atoms with Gasteiger partial charge in [0.15, 0.2) is 5.43 Å². The summed E-state index contributed by atoms with van der Waals surface area (Å²) < 4.78 is 2.19. The first-order valence-electron chi connectivity index (χ1n) is 12.3. The van der Waals surface area contributed by atoms with Gasteiger partial charge in [0.05, 0.1) is 5.52 Å². The van der Waals surface area contributed by atoms with Crippen molar-refractivity contribution in [1.29, 1.82) is 0 Å². The molecule has 2 rings (SSSR count). The summed E-state index contributed by atoms with van der Waals surface area (Å²) in [4.78, 5) is 12.3. The van der Waals surface area contributed by atoms with E-state index >= 15 is 0 Å². The van der Waals surface area contributed by atoms with Crippen molar-refractivity contribution < 1.29 is 0 Å². The van der Waals surface area contributed by atoms with Gasteiger partial charge in [-0.05, 0) is 25.0 Å². The molecule has 0 spiro atoms. The van der Waals surface area contributed by atoms with E-state index in [-0.39, 0.29) is 5.43 Å². The topological polar surface area (TPSA) is 22.0 Å². The number of rotatable bonds is 16. The summed E-state index contributed by atoms with van der Waals surface area (Å²) in [6, 6.07) is 9.77. The predicted molar refractivity (Wildman–Crippen MR) is 128 cm³/mol. The van der Waals surface area contributed by atoms with E-state index in [1.807, 2.05) is 30.3 Å². The first-order chi connectivity index (χ1) is 14.2. The second-order valence-corrected chi connectivity index (χ2v) is 8.78. The van der Waals surface area contributed by atoms with Gasteiger partial charge in [-0.3, -0.25) is 4.79 Å². The Labute approximate surface area is 178 Å². The van der Waals surface area contributed by atoms with Gasteiger partial charge in [-0.1, -0.05) is 109 Å². The molecule has 0 atom stereocenters. The third-order valence-electron chi connectivity index (χ3n) is 6.30. The molecule has 0 unspecified atom stereocenters. The normalized spacial score (nSPS) is 11.4. The zero-order valence-corrected chi connectivity index (χ0v) is 19.1. The average Bonchev–Trinajstić information content (AvgIpc) is 2.74. The molecule has 0 bridgehead atoms. The zero-order chi connectivity index (χ0) is 20.7. The minimum atomic E-state index is 0.162. The van der Waals surface area contributed by atoms with Gasteiger partial charge >= 0.3 is 0 Å². The fraction of sp³-hybridized carbons (Fsp3) is 0.667. The molecule has 0 saturated heterocycles. The van der Waals surface area contributed by atoms with Gasteiger partial charge in [0.2, 0.25) is 0 Å². The van der Waals surface area contributed by atoms with Gasteiger partial charge in [0, 0.05) is 24.2 Å². The molecule has 0 aliphatic carbocycles. The molecule has 1 heterocycles. The van der Waals surface area contributed by atoms with Crippen LogP contribution >= 0.6 is 0 Å². The van der Waals surface area contributed by atoms with Gasteiger partial charge in [-0.2, -0.15) is 0 Å². The Morgan fingerprint density at radius 2 is 1.17 bits per heavy atom. The fourth-order valence-corrected chi connectivity index (χ4v) is 4.37. The Kier molecular flexibility index (Phi) is 11.8. The van der Waals surface area contributed by atoms with E-state index in [4.69, 9.17) is 0 Å². The Morgan fingerprint density at radius 1 is 0.690 bits per heavy atom. The molecular formula is C27H43NO. The third-order valence-corrected chi connectivity index (χ3v) is 6.30. The van der Waals surface area contributed by atoms with Gasteiger partial charge < -0.3 is 4.57 Å². The summed E-state index contributed by atoms with van der Waals surface area (Å²) in [5, 5.41) is 0.829. The summed E-state index contributed by atoms with van der Waals surface area (Å²) in [5.74, 6) is 0. The molecule has 0 amide bonds. The molecule has 0 aliphatic heterocycles. The van der Waals surface area contributed by atoms with Gasteiger partial charge in [0.1, 0.15) is 0 Å². The van der Waals surface area contributed by atoms with Crippen LogP contribution in [0.3, 0.4) is 0 Å². The van der Waals surface area contributed by atoms with Crippen molar-refractivity contribution in [2.45, 2.75) is 110 Å². The molecule has 2 aromatic rings. The van der Waals surface area contributed by atoms with E-state index in [1.165, 1.54) is 102 Å². The second kappa shape index (κ2) is 14.4. The van der Waals surface area contributed by atoms with E-state index in [0.717, 1.165) is 17.3 Å². The number of pyridine rings is 1. The molecule has 0 saturated carbocycles. The number of benzene rings is 1. The van der Waals surface area contributed by atoms with Gasteiger partial charge in [-0.15, -0.1) is 0 Å². The molecule has 0 N–H and O–H groups in total. The minimum Gasteiger partial charge on any atom is -0.347 e. The lowest BCUT2D eigenvalue weighted by atomic mass is 10.0. The monoisotopic (exact) mass is 397 g/mol. The Balaban J connectivity index is 1.48. The highest BCUT2D eigenvalue weighted by Gasteiger charge is 2.05. The van der Waals surface area contributed by atoms with E-state index in [0.29, 0.717) is 0 Å². The van der Waals surface area contributed by atoms with E-state index < -0.39 is 0 Å². The Morgan fingerprint density at radius 3 is 1.72 bits per heavy atom. The summed E-state index contributed by atoms with van der Waals surface area (Å²) in [5.41, 5.74) is 2.38. The van der Waals surface area contributed by atoms with Gasteiger partial charge in [-0.25, -0.2) is 0 Å². The molecule has 1 aromatic carbocycles. The Hall–Kier alpha value is -1.57. The number of unbranched alkanes of at least 4 members (excludes halogenated alkanes) is 14. The Bertz CT molecular complexity index is 746. The van der Waals surface area contributed by atoms with Crippen molar-refractivity contribution >= 4 is 10.9 Å². The van der Waals surface area contributed by atoms with Crippen LogP contribution in [0.25, 0.3) is 10.9 Å². The first kappa shape index (κ1) is 23.7. The largest absolute Gasteiger partial charge is 0.347 e. The lowest BCUT2D eigenvalue weighted by Gasteiger charge is -2.12. The summed E-state index contributed by atoms with van der Waals surface area (Å²) in [6.45, 7) is 2.29. The highest BCUT2D eigenvalue weighted by Crippen LogP contribution is 2.16. The van der Waals surface area contributed by atoms with Crippen molar-refractivity contribution in [3.63, 3.8) is 0 Å². The lowest BCUT2D eigenvalue weighted by molar-refractivity contribution is 0.531. The first-order valence-corrected chi connectivity index (χ1v) is 12.3. The summed E-state index contributed by atoms with van der Waals surface area (Å²) in [6.07, 6.45) is 21.8. The van der Waals surface area contributed by atoms with Crippen LogP contribution in [0.15, 0.2) is 35.1 Å². The number of para-hydroxylation sites is 1. The van der Waals surface area contributed by atoms with Crippen LogP contribution in [-0.2, 0) is 13.5 Å². The highest BCUT2D eigenvalue weighted by atomic mass is 16.1. The van der Waals surface area contributed by atoms with Crippen molar-refractivity contribution in [3.05, 3.63) is 46.2 Å². The van der Waals surface area contributed by atoms with Crippen molar-refractivity contribution in [2.75, 3.05) is 0 Å². The highest BCUT2D eigenvalue weighted by molar-refractivity contribution is 5.79. The third kappa shape index (κ3) is 8.76. The maximum absolute atomic E-state index is 12.3. The van der Waals surface area contributed by atoms with E-state index in [2.05, 4.69) is 18.5 Å². The number of fused-ring (bicyclic) bond motifs is 1. The zero-order valence-electron chi connectivity index (χ0n) is 19.1. The van der Waals surface area contributed by atoms with Crippen LogP contribution in [0.5, 0.6) is 0 Å². The van der Waals surface area contributed by atoms with Crippen LogP contribution in [0.4, 0.5) is 0 Å². The standard InChI is InChI=1S/C27H43NO/c1-3-4-5-6-7-8-9-10-11-12-13-14-15-16-17-20-24-23-27(29)25-21-18-19-22-26(25)28(24)2/h18-19,21-23H,3-17,20H2,1-2H3. The maximum atomic E-state index is 12.3. The van der Waals surface area contributed by atoms with Crippen molar-refractivity contribution in [1.82, 2.24) is 4.57 Å². The molecule has 0 fully saturated rings. The molecule has 162 valence electrons. The molecule has 0 aliphatic rings. The van der Waals surface area contributed by atoms with Crippen LogP contribution in [0, 0.1) is 0 Å². The molecule has 1 aromatic heterocycles. The average molecular weight is 398 g/mol.